The van der Waals surface area contributed by atoms with Crippen LogP contribution in [0.1, 0.15) is 39.5 Å². The first-order valence-corrected chi connectivity index (χ1v) is 7.80. The lowest BCUT2D eigenvalue weighted by molar-refractivity contribution is 0.304. The SMILES string of the molecule is CCNc1cc(NC(C)C2CC3CCC2C3)nc(N)n1. The average molecular weight is 275 g/mol. The van der Waals surface area contributed by atoms with Crippen molar-refractivity contribution in [2.45, 2.75) is 45.6 Å². The summed E-state index contributed by atoms with van der Waals surface area (Å²) in [6.45, 7) is 5.15. The summed E-state index contributed by atoms with van der Waals surface area (Å²) in [5.41, 5.74) is 5.78. The van der Waals surface area contributed by atoms with Gasteiger partial charge in [-0.2, -0.15) is 9.97 Å². The molecule has 3 rings (SSSR count). The number of nitrogen functional groups attached to an aromatic ring is 1. The van der Waals surface area contributed by atoms with Gasteiger partial charge in [0.25, 0.3) is 0 Å². The van der Waals surface area contributed by atoms with E-state index < -0.39 is 0 Å². The predicted octanol–water partition coefficient (Wildman–Crippen LogP) is 2.73. The Morgan fingerprint density at radius 2 is 2.10 bits per heavy atom. The Morgan fingerprint density at radius 1 is 1.30 bits per heavy atom. The van der Waals surface area contributed by atoms with Crippen LogP contribution in [-0.4, -0.2) is 22.6 Å². The summed E-state index contributed by atoms with van der Waals surface area (Å²) in [7, 11) is 0. The van der Waals surface area contributed by atoms with Gasteiger partial charge in [-0.05, 0) is 50.9 Å². The van der Waals surface area contributed by atoms with E-state index >= 15 is 0 Å². The minimum absolute atomic E-state index is 0.325. The number of hydrogen-bond donors (Lipinski definition) is 3. The maximum atomic E-state index is 5.78. The fraction of sp³-hybridized carbons (Fsp3) is 0.733. The van der Waals surface area contributed by atoms with Crippen molar-refractivity contribution < 1.29 is 0 Å². The number of fused-ring (bicyclic) bond motifs is 2. The first-order chi connectivity index (χ1) is 9.65. The van der Waals surface area contributed by atoms with Crippen LogP contribution in [0.15, 0.2) is 6.07 Å². The molecule has 2 aliphatic rings. The maximum Gasteiger partial charge on any atom is 0.223 e. The van der Waals surface area contributed by atoms with Crippen molar-refractivity contribution in [2.24, 2.45) is 17.8 Å². The Hall–Kier alpha value is -1.52. The molecule has 2 fully saturated rings. The van der Waals surface area contributed by atoms with E-state index in [9.17, 15) is 0 Å². The third-order valence-corrected chi connectivity index (χ3v) is 4.91. The number of rotatable bonds is 5. The molecule has 2 aliphatic carbocycles. The molecule has 2 bridgehead atoms. The van der Waals surface area contributed by atoms with E-state index in [1.165, 1.54) is 25.7 Å². The molecule has 0 radical (unpaired) electrons. The minimum Gasteiger partial charge on any atom is -0.370 e. The van der Waals surface area contributed by atoms with E-state index in [1.54, 1.807) is 0 Å². The highest BCUT2D eigenvalue weighted by molar-refractivity contribution is 5.51. The molecule has 4 N–H and O–H groups in total. The molecule has 20 heavy (non-hydrogen) atoms. The largest absolute Gasteiger partial charge is 0.370 e. The highest BCUT2D eigenvalue weighted by Gasteiger charge is 2.41. The molecule has 0 aliphatic heterocycles. The highest BCUT2D eigenvalue weighted by Crippen LogP contribution is 2.49. The van der Waals surface area contributed by atoms with Crippen LogP contribution >= 0.6 is 0 Å². The third kappa shape index (κ3) is 2.67. The Bertz CT molecular complexity index is 475. The van der Waals surface area contributed by atoms with Crippen molar-refractivity contribution in [1.29, 1.82) is 0 Å². The van der Waals surface area contributed by atoms with E-state index in [4.69, 9.17) is 5.73 Å². The van der Waals surface area contributed by atoms with Gasteiger partial charge in [-0.15, -0.1) is 0 Å². The van der Waals surface area contributed by atoms with Gasteiger partial charge in [0.05, 0.1) is 0 Å². The molecule has 0 saturated heterocycles. The fourth-order valence-corrected chi connectivity index (χ4v) is 4.06. The Morgan fingerprint density at radius 3 is 2.75 bits per heavy atom. The van der Waals surface area contributed by atoms with E-state index in [2.05, 4.69) is 27.5 Å². The van der Waals surface area contributed by atoms with Crippen LogP contribution in [0.5, 0.6) is 0 Å². The molecule has 1 aromatic heterocycles. The topological polar surface area (TPSA) is 75.9 Å². The lowest BCUT2D eigenvalue weighted by atomic mass is 9.84. The smallest absolute Gasteiger partial charge is 0.223 e. The molecular formula is C15H25N5. The van der Waals surface area contributed by atoms with E-state index in [-0.39, 0.29) is 0 Å². The van der Waals surface area contributed by atoms with Crippen LogP contribution in [0.25, 0.3) is 0 Å². The lowest BCUT2D eigenvalue weighted by Crippen LogP contribution is -2.30. The second kappa shape index (κ2) is 5.46. The number of nitrogens with one attached hydrogen (secondary N) is 2. The van der Waals surface area contributed by atoms with Gasteiger partial charge in [0.15, 0.2) is 0 Å². The predicted molar refractivity (Wildman–Crippen MR) is 82.6 cm³/mol. The van der Waals surface area contributed by atoms with Crippen LogP contribution in [0.2, 0.25) is 0 Å². The second-order valence-corrected chi connectivity index (χ2v) is 6.30. The Balaban J connectivity index is 1.67. The van der Waals surface area contributed by atoms with Crippen molar-refractivity contribution in [3.63, 3.8) is 0 Å². The normalized spacial score (nSPS) is 29.4. The van der Waals surface area contributed by atoms with E-state index in [0.29, 0.717) is 12.0 Å². The van der Waals surface area contributed by atoms with Crippen LogP contribution in [0.4, 0.5) is 17.6 Å². The maximum absolute atomic E-state index is 5.78. The molecule has 0 aromatic carbocycles. The molecule has 4 atom stereocenters. The molecule has 0 amide bonds. The molecule has 1 aromatic rings. The summed E-state index contributed by atoms with van der Waals surface area (Å²) in [6.07, 6.45) is 5.67. The monoisotopic (exact) mass is 275 g/mol. The minimum atomic E-state index is 0.325. The summed E-state index contributed by atoms with van der Waals surface area (Å²) in [5, 5.41) is 6.72. The lowest BCUT2D eigenvalue weighted by Gasteiger charge is -2.29. The number of nitrogens with two attached hydrogens (primary N) is 1. The van der Waals surface area contributed by atoms with Crippen molar-refractivity contribution >= 4 is 17.6 Å². The zero-order valence-electron chi connectivity index (χ0n) is 12.4. The van der Waals surface area contributed by atoms with Gasteiger partial charge in [-0.25, -0.2) is 0 Å². The van der Waals surface area contributed by atoms with Crippen molar-refractivity contribution in [1.82, 2.24) is 9.97 Å². The Kier molecular flexibility index (Phi) is 3.68. The van der Waals surface area contributed by atoms with Gasteiger partial charge < -0.3 is 16.4 Å². The molecular weight excluding hydrogens is 250 g/mol. The molecule has 4 unspecified atom stereocenters. The Labute approximate surface area is 120 Å². The second-order valence-electron chi connectivity index (χ2n) is 6.30. The standard InChI is InChI=1S/C15H25N5/c1-3-17-13-8-14(20-15(16)19-13)18-9(2)12-7-10-4-5-11(12)6-10/h8-12H,3-7H2,1-2H3,(H4,16,17,18,19,20). The number of anilines is 3. The van der Waals surface area contributed by atoms with Crippen molar-refractivity contribution in [3.8, 4) is 0 Å². The summed E-state index contributed by atoms with van der Waals surface area (Å²) in [4.78, 5) is 8.49. The zero-order chi connectivity index (χ0) is 14.1. The summed E-state index contributed by atoms with van der Waals surface area (Å²) >= 11 is 0. The van der Waals surface area contributed by atoms with E-state index in [1.807, 2.05) is 13.0 Å². The molecule has 5 heteroatoms. The fourth-order valence-electron chi connectivity index (χ4n) is 4.06. The van der Waals surface area contributed by atoms with Crippen molar-refractivity contribution in [2.75, 3.05) is 22.9 Å². The van der Waals surface area contributed by atoms with Gasteiger partial charge in [-0.1, -0.05) is 6.42 Å². The quantitative estimate of drug-likeness (QED) is 0.770. The molecule has 0 spiro atoms. The van der Waals surface area contributed by atoms with Gasteiger partial charge in [0, 0.05) is 18.7 Å². The van der Waals surface area contributed by atoms with Crippen LogP contribution in [-0.2, 0) is 0 Å². The zero-order valence-corrected chi connectivity index (χ0v) is 12.4. The van der Waals surface area contributed by atoms with E-state index in [0.717, 1.165) is 35.9 Å². The van der Waals surface area contributed by atoms with Gasteiger partial charge in [0.1, 0.15) is 11.6 Å². The number of aromatic nitrogens is 2. The van der Waals surface area contributed by atoms with Crippen LogP contribution < -0.4 is 16.4 Å². The molecule has 110 valence electrons. The van der Waals surface area contributed by atoms with Gasteiger partial charge in [-0.3, -0.25) is 0 Å². The summed E-state index contributed by atoms with van der Waals surface area (Å²) in [6, 6.07) is 2.40. The van der Waals surface area contributed by atoms with Gasteiger partial charge >= 0.3 is 0 Å². The third-order valence-electron chi connectivity index (χ3n) is 4.91. The first-order valence-electron chi connectivity index (χ1n) is 7.80. The highest BCUT2D eigenvalue weighted by atomic mass is 15.1. The van der Waals surface area contributed by atoms with Crippen LogP contribution in [0.3, 0.4) is 0 Å². The van der Waals surface area contributed by atoms with Crippen molar-refractivity contribution in [3.05, 3.63) is 6.07 Å². The number of nitrogens with zero attached hydrogens (tertiary/aromatic N) is 2. The summed E-state index contributed by atoms with van der Waals surface area (Å²) in [5.74, 6) is 4.63. The average Bonchev–Trinajstić information content (AvgIpc) is 3.00. The van der Waals surface area contributed by atoms with Gasteiger partial charge in [0.2, 0.25) is 5.95 Å². The van der Waals surface area contributed by atoms with Crippen LogP contribution in [0, 0.1) is 17.8 Å². The molecule has 5 nitrogen and oxygen atoms in total. The summed E-state index contributed by atoms with van der Waals surface area (Å²) < 4.78 is 0. The molecule has 2 saturated carbocycles. The number of hydrogen-bond acceptors (Lipinski definition) is 5. The first kappa shape index (κ1) is 13.5. The molecule has 1 heterocycles.